The van der Waals surface area contributed by atoms with Gasteiger partial charge in [-0.2, -0.15) is 0 Å². The molecule has 0 spiro atoms. The van der Waals surface area contributed by atoms with Crippen molar-refractivity contribution in [2.24, 2.45) is 0 Å². The Morgan fingerprint density at radius 1 is 1.06 bits per heavy atom. The molecule has 0 aliphatic carbocycles. The topological polar surface area (TPSA) is 38.3 Å². The smallest absolute Gasteiger partial charge is 0.338 e. The fourth-order valence-electron chi connectivity index (χ4n) is 1.46. The van der Waals surface area contributed by atoms with Gasteiger partial charge in [0.15, 0.2) is 0 Å². The molecule has 0 amide bonds. The molecule has 0 fully saturated rings. The van der Waals surface area contributed by atoms with E-state index >= 15 is 0 Å². The molecule has 0 radical (unpaired) electrons. The van der Waals surface area contributed by atoms with E-state index in [9.17, 15) is 4.57 Å². The number of hydrogen-bond acceptors (Lipinski definition) is 2. The number of hydrogen-bond donors (Lipinski definition) is 1. The van der Waals surface area contributed by atoms with Gasteiger partial charge in [-0.15, -0.1) is 0 Å². The van der Waals surface area contributed by atoms with Gasteiger partial charge in [-0.25, -0.2) is 0 Å². The van der Waals surface area contributed by atoms with Gasteiger partial charge in [0.05, 0.1) is 0 Å². The molecule has 0 aromatic heterocycles. The van der Waals surface area contributed by atoms with Crippen molar-refractivity contribution in [3.8, 4) is 5.75 Å². The predicted molar refractivity (Wildman–Crippen MR) is 75.7 cm³/mol. The summed E-state index contributed by atoms with van der Waals surface area (Å²) in [4.78, 5) is 0. The first-order valence-corrected chi connectivity index (χ1v) is 7.86. The molecule has 0 bridgehead atoms. The molecule has 0 saturated carbocycles. The van der Waals surface area contributed by atoms with Crippen LogP contribution in [0.3, 0.4) is 0 Å². The van der Waals surface area contributed by atoms with Gasteiger partial charge in [0.2, 0.25) is 0 Å². The van der Waals surface area contributed by atoms with Gasteiger partial charge in [0, 0.05) is 17.4 Å². The Morgan fingerprint density at radius 3 is 2.28 bits per heavy atom. The zero-order chi connectivity index (χ0) is 13.0. The summed E-state index contributed by atoms with van der Waals surface area (Å²) in [5.41, 5.74) is 0.709. The van der Waals surface area contributed by atoms with E-state index in [1.807, 2.05) is 18.2 Å². The Hall–Kier alpha value is -1.44. The maximum atomic E-state index is 12.3. The number of para-hydroxylation sites is 1. The number of benzene rings is 2. The Bertz CT molecular complexity index is 557. The van der Waals surface area contributed by atoms with Crippen molar-refractivity contribution in [2.75, 3.05) is 11.8 Å². The van der Waals surface area contributed by atoms with E-state index in [1.54, 1.807) is 36.4 Å². The molecule has 5 heteroatoms. The lowest BCUT2D eigenvalue weighted by atomic mass is 10.3. The summed E-state index contributed by atoms with van der Waals surface area (Å²) in [5.74, 6) is 0.574. The highest BCUT2D eigenvalue weighted by Gasteiger charge is 2.16. The maximum absolute atomic E-state index is 12.3. The van der Waals surface area contributed by atoms with Gasteiger partial charge in [-0.05, 0) is 36.4 Å². The van der Waals surface area contributed by atoms with E-state index in [-0.39, 0.29) is 0 Å². The van der Waals surface area contributed by atoms with Crippen LogP contribution in [0.25, 0.3) is 0 Å². The van der Waals surface area contributed by atoms with Crippen LogP contribution in [0.5, 0.6) is 5.75 Å². The summed E-state index contributed by atoms with van der Waals surface area (Å²) in [6, 6.07) is 16.0. The Labute approximate surface area is 111 Å². The van der Waals surface area contributed by atoms with E-state index in [0.717, 1.165) is 0 Å². The van der Waals surface area contributed by atoms with Crippen LogP contribution in [0.2, 0.25) is 5.02 Å². The number of nitrogens with one attached hydrogen (secondary N) is 1. The van der Waals surface area contributed by atoms with E-state index in [0.29, 0.717) is 16.5 Å². The zero-order valence-electron chi connectivity index (χ0n) is 9.84. The van der Waals surface area contributed by atoms with Gasteiger partial charge in [-0.3, -0.25) is 4.57 Å². The van der Waals surface area contributed by atoms with Crippen LogP contribution in [0.15, 0.2) is 54.6 Å². The van der Waals surface area contributed by atoms with Crippen molar-refractivity contribution in [1.29, 1.82) is 0 Å². The predicted octanol–water partition coefficient (Wildman–Crippen LogP) is 4.65. The highest BCUT2D eigenvalue weighted by atomic mass is 35.5. The van der Waals surface area contributed by atoms with E-state index in [1.165, 1.54) is 6.66 Å². The van der Waals surface area contributed by atoms with Crippen LogP contribution < -0.4 is 9.61 Å². The summed E-state index contributed by atoms with van der Waals surface area (Å²) >= 11 is 5.78. The molecule has 18 heavy (non-hydrogen) atoms. The van der Waals surface area contributed by atoms with Crippen LogP contribution in [0.1, 0.15) is 0 Å². The third-order valence-electron chi connectivity index (χ3n) is 2.20. The van der Waals surface area contributed by atoms with Crippen LogP contribution in [-0.2, 0) is 4.57 Å². The number of halogens is 1. The maximum Gasteiger partial charge on any atom is 0.338 e. The van der Waals surface area contributed by atoms with Gasteiger partial charge < -0.3 is 9.61 Å². The first kappa shape index (κ1) is 13.0. The molecule has 1 atom stereocenters. The molecule has 0 aliphatic rings. The number of rotatable bonds is 4. The minimum absolute atomic E-state index is 0.574. The van der Waals surface area contributed by atoms with E-state index < -0.39 is 7.52 Å². The highest BCUT2D eigenvalue weighted by molar-refractivity contribution is 7.60. The SMILES string of the molecule is C[P@](=O)(Nc1ccc(Cl)cc1)Oc1ccccc1. The molecule has 0 unspecified atom stereocenters. The standard InChI is InChI=1S/C13H13ClNO2P/c1-18(16,17-13-5-3-2-4-6-13)15-12-9-7-11(14)8-10-12/h2-10H,1H3,(H,15,16)/t18-/m1/s1. The summed E-state index contributed by atoms with van der Waals surface area (Å²) in [6.45, 7) is 1.54. The Kier molecular flexibility index (Phi) is 3.95. The molecule has 2 rings (SSSR count). The lowest BCUT2D eigenvalue weighted by Gasteiger charge is -2.17. The zero-order valence-corrected chi connectivity index (χ0v) is 11.5. The third kappa shape index (κ3) is 3.80. The average molecular weight is 282 g/mol. The van der Waals surface area contributed by atoms with Crippen molar-refractivity contribution in [3.05, 3.63) is 59.6 Å². The minimum Gasteiger partial charge on any atom is -0.429 e. The lowest BCUT2D eigenvalue weighted by Crippen LogP contribution is -2.01. The quantitative estimate of drug-likeness (QED) is 0.829. The largest absolute Gasteiger partial charge is 0.429 e. The van der Waals surface area contributed by atoms with Crippen molar-refractivity contribution in [1.82, 2.24) is 0 Å². The second-order valence-corrected chi connectivity index (χ2v) is 6.40. The second-order valence-electron chi connectivity index (χ2n) is 3.87. The fraction of sp³-hybridized carbons (Fsp3) is 0.0769. The molecule has 2 aromatic carbocycles. The van der Waals surface area contributed by atoms with Gasteiger partial charge in [0.1, 0.15) is 5.75 Å². The lowest BCUT2D eigenvalue weighted by molar-refractivity contribution is 0.493. The molecule has 94 valence electrons. The van der Waals surface area contributed by atoms with Gasteiger partial charge in [0.25, 0.3) is 0 Å². The molecule has 0 saturated heterocycles. The van der Waals surface area contributed by atoms with Crippen molar-refractivity contribution in [3.63, 3.8) is 0 Å². The number of anilines is 1. The molecule has 0 aliphatic heterocycles. The monoisotopic (exact) mass is 281 g/mol. The normalized spacial score (nSPS) is 13.7. The minimum atomic E-state index is -2.94. The summed E-state index contributed by atoms with van der Waals surface area (Å²) < 4.78 is 17.7. The molecular formula is C13H13ClNO2P. The van der Waals surface area contributed by atoms with Crippen molar-refractivity contribution < 1.29 is 9.09 Å². The van der Waals surface area contributed by atoms with E-state index in [2.05, 4.69) is 5.09 Å². The van der Waals surface area contributed by atoms with E-state index in [4.69, 9.17) is 16.1 Å². The highest BCUT2D eigenvalue weighted by Crippen LogP contribution is 2.43. The average Bonchev–Trinajstić information content (AvgIpc) is 2.32. The van der Waals surface area contributed by atoms with Crippen LogP contribution >= 0.6 is 19.1 Å². The molecule has 0 heterocycles. The van der Waals surface area contributed by atoms with Gasteiger partial charge in [-0.1, -0.05) is 29.8 Å². The summed E-state index contributed by atoms with van der Waals surface area (Å²) in [6.07, 6.45) is 0. The van der Waals surface area contributed by atoms with Crippen LogP contribution in [-0.4, -0.2) is 6.66 Å². The third-order valence-corrected chi connectivity index (χ3v) is 3.67. The van der Waals surface area contributed by atoms with Crippen LogP contribution in [0, 0.1) is 0 Å². The molecule has 1 N–H and O–H groups in total. The van der Waals surface area contributed by atoms with Gasteiger partial charge >= 0.3 is 7.52 Å². The fourth-order valence-corrected chi connectivity index (χ4v) is 2.78. The first-order valence-electron chi connectivity index (χ1n) is 5.41. The Morgan fingerprint density at radius 2 is 1.67 bits per heavy atom. The van der Waals surface area contributed by atoms with Crippen molar-refractivity contribution >= 4 is 24.8 Å². The summed E-state index contributed by atoms with van der Waals surface area (Å²) in [7, 11) is -2.94. The molecule has 3 nitrogen and oxygen atoms in total. The first-order chi connectivity index (χ1) is 8.55. The van der Waals surface area contributed by atoms with Crippen molar-refractivity contribution in [2.45, 2.75) is 0 Å². The Balaban J connectivity index is 2.08. The second kappa shape index (κ2) is 5.47. The molecular weight excluding hydrogens is 269 g/mol. The van der Waals surface area contributed by atoms with Crippen LogP contribution in [0.4, 0.5) is 5.69 Å². The molecule has 2 aromatic rings. The summed E-state index contributed by atoms with van der Waals surface area (Å²) in [5, 5.41) is 3.50.